The van der Waals surface area contributed by atoms with Gasteiger partial charge in [0, 0.05) is 32.7 Å². The van der Waals surface area contributed by atoms with Crippen molar-refractivity contribution in [3.05, 3.63) is 80.4 Å². The zero-order valence-corrected chi connectivity index (χ0v) is 10.3. The van der Waals surface area contributed by atoms with Crippen LogP contribution in [-0.4, -0.2) is 16.5 Å². The maximum absolute atomic E-state index is 12.5. The fraction of sp³-hybridized carbons (Fsp3) is 0.0667. The molecule has 0 aromatic heterocycles. The lowest BCUT2D eigenvalue weighted by atomic mass is 9.82. The highest BCUT2D eigenvalue weighted by Gasteiger charge is 2.31. The summed E-state index contributed by atoms with van der Waals surface area (Å²) in [5.74, 6) is -0.590. The minimum absolute atomic E-state index is 0.160. The second-order valence-corrected chi connectivity index (χ2v) is 4.53. The number of fused-ring (bicyclic) bond motifs is 2. The summed E-state index contributed by atoms with van der Waals surface area (Å²) in [4.78, 5) is 35.0. The molecular formula is C15H9NO4. The van der Waals surface area contributed by atoms with E-state index in [1.807, 2.05) is 0 Å². The summed E-state index contributed by atoms with van der Waals surface area (Å²) in [7, 11) is 0. The second kappa shape index (κ2) is 4.38. The first-order valence-corrected chi connectivity index (χ1v) is 6.01. The molecule has 0 saturated heterocycles. The molecule has 2 aromatic rings. The lowest BCUT2D eigenvalue weighted by Gasteiger charge is -2.18. The molecule has 98 valence electrons. The maximum Gasteiger partial charge on any atom is 0.229 e. The number of hydrogen-bond acceptors (Lipinski definition) is 4. The van der Waals surface area contributed by atoms with Gasteiger partial charge in [-0.2, -0.15) is 0 Å². The van der Waals surface area contributed by atoms with Gasteiger partial charge in [-0.3, -0.25) is 19.7 Å². The zero-order chi connectivity index (χ0) is 14.3. The van der Waals surface area contributed by atoms with Crippen LogP contribution in [0.4, 0.5) is 0 Å². The topological polar surface area (TPSA) is 77.3 Å². The molecule has 5 heteroatoms. The molecule has 3 rings (SSSR count). The lowest BCUT2D eigenvalue weighted by Crippen LogP contribution is -2.23. The number of benzene rings is 2. The van der Waals surface area contributed by atoms with Gasteiger partial charge in [0.2, 0.25) is 6.54 Å². The van der Waals surface area contributed by atoms with Crippen LogP contribution in [0.1, 0.15) is 37.4 Å². The van der Waals surface area contributed by atoms with Crippen molar-refractivity contribution in [2.45, 2.75) is 6.54 Å². The van der Waals surface area contributed by atoms with Crippen molar-refractivity contribution >= 4 is 11.6 Å². The maximum atomic E-state index is 12.5. The summed E-state index contributed by atoms with van der Waals surface area (Å²) in [6.45, 7) is -0.468. The third-order valence-electron chi connectivity index (χ3n) is 3.34. The van der Waals surface area contributed by atoms with Gasteiger partial charge in [0.25, 0.3) is 0 Å². The Morgan fingerprint density at radius 1 is 0.850 bits per heavy atom. The van der Waals surface area contributed by atoms with Crippen molar-refractivity contribution in [1.82, 2.24) is 0 Å². The van der Waals surface area contributed by atoms with E-state index in [1.54, 1.807) is 30.3 Å². The molecule has 1 aliphatic carbocycles. The molecule has 1 aliphatic rings. The van der Waals surface area contributed by atoms with Crippen LogP contribution in [-0.2, 0) is 6.54 Å². The molecule has 0 unspecified atom stereocenters. The Morgan fingerprint density at radius 2 is 1.45 bits per heavy atom. The number of nitro groups is 1. The van der Waals surface area contributed by atoms with Crippen LogP contribution < -0.4 is 0 Å². The summed E-state index contributed by atoms with van der Waals surface area (Å²) >= 11 is 0. The molecule has 20 heavy (non-hydrogen) atoms. The van der Waals surface area contributed by atoms with E-state index in [-0.39, 0.29) is 28.3 Å². The number of rotatable bonds is 2. The fourth-order valence-electron chi connectivity index (χ4n) is 2.49. The average molecular weight is 267 g/mol. The first-order chi connectivity index (χ1) is 9.59. The first kappa shape index (κ1) is 12.2. The smallest absolute Gasteiger partial charge is 0.229 e. The van der Waals surface area contributed by atoms with Crippen molar-refractivity contribution in [3.63, 3.8) is 0 Å². The molecule has 0 bridgehead atoms. The van der Waals surface area contributed by atoms with Gasteiger partial charge in [-0.15, -0.1) is 0 Å². The highest BCUT2D eigenvalue weighted by Crippen LogP contribution is 2.29. The Morgan fingerprint density at radius 3 is 2.10 bits per heavy atom. The van der Waals surface area contributed by atoms with Gasteiger partial charge in [-0.1, -0.05) is 42.5 Å². The lowest BCUT2D eigenvalue weighted by molar-refractivity contribution is -0.496. The van der Waals surface area contributed by atoms with Crippen molar-refractivity contribution in [2.75, 3.05) is 0 Å². The number of nitrogens with zero attached hydrogens (tertiary/aromatic N) is 1. The van der Waals surface area contributed by atoms with Crippen molar-refractivity contribution in [1.29, 1.82) is 0 Å². The van der Waals surface area contributed by atoms with Crippen molar-refractivity contribution in [3.8, 4) is 0 Å². The number of carbonyl (C=O) groups excluding carboxylic acids is 2. The van der Waals surface area contributed by atoms with Gasteiger partial charge in [0.15, 0.2) is 11.6 Å². The minimum Gasteiger partial charge on any atom is -0.289 e. The van der Waals surface area contributed by atoms with Crippen LogP contribution in [0.2, 0.25) is 0 Å². The standard InChI is InChI=1S/C15H9NO4/c17-14-10-5-1-2-6-11(10)15(18)13-9(8-16(19)20)4-3-7-12(13)14/h1-7H,8H2. The third-order valence-corrected chi connectivity index (χ3v) is 3.34. The predicted octanol–water partition coefficient (Wildman–Crippen LogP) is 2.24. The van der Waals surface area contributed by atoms with Gasteiger partial charge in [-0.25, -0.2) is 0 Å². The van der Waals surface area contributed by atoms with Gasteiger partial charge < -0.3 is 0 Å². The number of carbonyl (C=O) groups is 2. The summed E-state index contributed by atoms with van der Waals surface area (Å²) < 4.78 is 0. The van der Waals surface area contributed by atoms with Crippen LogP contribution in [0.25, 0.3) is 0 Å². The van der Waals surface area contributed by atoms with Gasteiger partial charge in [-0.05, 0) is 0 Å². The van der Waals surface area contributed by atoms with Gasteiger partial charge >= 0.3 is 0 Å². The fourth-order valence-corrected chi connectivity index (χ4v) is 2.49. The highest BCUT2D eigenvalue weighted by molar-refractivity contribution is 6.28. The second-order valence-electron chi connectivity index (χ2n) is 4.53. The van der Waals surface area contributed by atoms with E-state index in [9.17, 15) is 19.7 Å². The Balaban J connectivity index is 2.25. The molecule has 0 amide bonds. The monoisotopic (exact) mass is 267 g/mol. The Hall–Kier alpha value is -2.82. The van der Waals surface area contributed by atoms with Crippen molar-refractivity contribution < 1.29 is 14.5 Å². The molecule has 0 radical (unpaired) electrons. The normalized spacial score (nSPS) is 12.8. The van der Waals surface area contributed by atoms with E-state index >= 15 is 0 Å². The molecule has 0 saturated carbocycles. The summed E-state index contributed by atoms with van der Waals surface area (Å²) in [5, 5.41) is 10.7. The minimum atomic E-state index is -0.506. The first-order valence-electron chi connectivity index (χ1n) is 6.01. The third kappa shape index (κ3) is 1.72. The molecule has 0 aliphatic heterocycles. The van der Waals surface area contributed by atoms with Crippen LogP contribution in [0.5, 0.6) is 0 Å². The summed E-state index contributed by atoms with van der Waals surface area (Å²) in [6.07, 6.45) is 0. The van der Waals surface area contributed by atoms with E-state index in [2.05, 4.69) is 0 Å². The SMILES string of the molecule is O=C1c2ccccc2C(=O)c2c(C[N+](=O)[O-])cccc21. The predicted molar refractivity (Wildman–Crippen MR) is 70.4 cm³/mol. The molecular weight excluding hydrogens is 258 g/mol. The Bertz CT molecular complexity index is 764. The summed E-state index contributed by atoms with van der Waals surface area (Å²) in [6, 6.07) is 11.1. The Labute approximate surface area is 114 Å². The Kier molecular flexibility index (Phi) is 2.68. The van der Waals surface area contributed by atoms with Crippen LogP contribution in [0.3, 0.4) is 0 Å². The molecule has 2 aromatic carbocycles. The largest absolute Gasteiger partial charge is 0.289 e. The molecule has 0 atom stereocenters. The van der Waals surface area contributed by atoms with Crippen LogP contribution >= 0.6 is 0 Å². The quantitative estimate of drug-likeness (QED) is 0.527. The molecule has 0 N–H and O–H groups in total. The van der Waals surface area contributed by atoms with Crippen LogP contribution in [0, 0.1) is 10.1 Å². The van der Waals surface area contributed by atoms with Crippen molar-refractivity contribution in [2.24, 2.45) is 0 Å². The number of hydrogen-bond donors (Lipinski definition) is 0. The van der Waals surface area contributed by atoms with E-state index in [0.29, 0.717) is 11.1 Å². The summed E-state index contributed by atoms with van der Waals surface area (Å²) in [5.41, 5.74) is 1.34. The van der Waals surface area contributed by atoms with Gasteiger partial charge in [0.05, 0.1) is 0 Å². The molecule has 0 spiro atoms. The highest BCUT2D eigenvalue weighted by atomic mass is 16.6. The number of ketones is 2. The zero-order valence-electron chi connectivity index (χ0n) is 10.3. The molecule has 0 fully saturated rings. The molecule has 5 nitrogen and oxygen atoms in total. The van der Waals surface area contributed by atoms with E-state index in [0.717, 1.165) is 0 Å². The van der Waals surface area contributed by atoms with E-state index in [1.165, 1.54) is 12.1 Å². The van der Waals surface area contributed by atoms with E-state index < -0.39 is 11.5 Å². The molecule has 0 heterocycles. The van der Waals surface area contributed by atoms with Crippen LogP contribution in [0.15, 0.2) is 42.5 Å². The van der Waals surface area contributed by atoms with E-state index in [4.69, 9.17) is 0 Å². The van der Waals surface area contributed by atoms with Gasteiger partial charge in [0.1, 0.15) is 0 Å². The average Bonchev–Trinajstić information content (AvgIpc) is 2.44.